The Morgan fingerprint density at radius 1 is 1.16 bits per heavy atom. The lowest BCUT2D eigenvalue weighted by molar-refractivity contribution is -0.134. The van der Waals surface area contributed by atoms with E-state index >= 15 is 0 Å². The van der Waals surface area contributed by atoms with Crippen LogP contribution in [0, 0.1) is 0 Å². The van der Waals surface area contributed by atoms with Gasteiger partial charge in [-0.2, -0.15) is 17.5 Å². The van der Waals surface area contributed by atoms with Crippen LogP contribution in [0.2, 0.25) is 0 Å². The van der Waals surface area contributed by atoms with Gasteiger partial charge in [0.2, 0.25) is 10.0 Å². The quantitative estimate of drug-likeness (QED) is 0.474. The molecule has 1 aromatic carbocycles. The van der Waals surface area contributed by atoms with Gasteiger partial charge in [-0.25, -0.2) is 13.4 Å². The van der Waals surface area contributed by atoms with E-state index in [1.54, 1.807) is 4.90 Å². The second-order valence-corrected chi connectivity index (χ2v) is 10.5. The number of piperazine rings is 1. The molecule has 3 rings (SSSR count). The fourth-order valence-corrected chi connectivity index (χ4v) is 5.24. The lowest BCUT2D eigenvalue weighted by atomic mass is 10.2. The number of halogens is 3. The monoisotopic (exact) mass is 493 g/mol. The molecule has 0 amide bonds. The maximum atomic E-state index is 12.7. The number of benzene rings is 1. The zero-order valence-electron chi connectivity index (χ0n) is 17.6. The fourth-order valence-electron chi connectivity index (χ4n) is 3.10. The SMILES string of the molecule is C[C@@H](COCCS(=O)(=O)N1CCN(c2ncc(C(F)(F)F)s2)CC1)OCc1ccccc1. The van der Waals surface area contributed by atoms with Gasteiger partial charge in [0.15, 0.2) is 5.13 Å². The molecule has 1 atom stereocenters. The van der Waals surface area contributed by atoms with E-state index in [-0.39, 0.29) is 56.4 Å². The summed E-state index contributed by atoms with van der Waals surface area (Å²) in [4.78, 5) is 4.74. The van der Waals surface area contributed by atoms with E-state index in [9.17, 15) is 21.6 Å². The molecule has 0 saturated carbocycles. The molecule has 1 aromatic heterocycles. The summed E-state index contributed by atoms with van der Waals surface area (Å²) in [7, 11) is -3.52. The topological polar surface area (TPSA) is 72.0 Å². The smallest absolute Gasteiger partial charge is 0.378 e. The maximum Gasteiger partial charge on any atom is 0.427 e. The van der Waals surface area contributed by atoms with E-state index in [0.29, 0.717) is 17.9 Å². The average Bonchev–Trinajstić information content (AvgIpc) is 3.27. The maximum absolute atomic E-state index is 12.7. The van der Waals surface area contributed by atoms with Crippen molar-refractivity contribution >= 4 is 26.5 Å². The summed E-state index contributed by atoms with van der Waals surface area (Å²) < 4.78 is 75.9. The summed E-state index contributed by atoms with van der Waals surface area (Å²) in [6, 6.07) is 9.72. The van der Waals surface area contributed by atoms with E-state index in [0.717, 1.165) is 11.8 Å². The van der Waals surface area contributed by atoms with Crippen LogP contribution in [0.5, 0.6) is 0 Å². The molecule has 1 fully saturated rings. The summed E-state index contributed by atoms with van der Waals surface area (Å²) in [5, 5.41) is 0.252. The Bertz CT molecular complexity index is 946. The normalized spacial score (nSPS) is 16.9. The van der Waals surface area contributed by atoms with Crippen LogP contribution in [0.3, 0.4) is 0 Å². The summed E-state index contributed by atoms with van der Waals surface area (Å²) in [6.07, 6.45) is -3.79. The largest absolute Gasteiger partial charge is 0.427 e. The van der Waals surface area contributed by atoms with Crippen LogP contribution in [-0.4, -0.2) is 69.0 Å². The number of thiazole rings is 1. The number of ether oxygens (including phenoxy) is 2. The number of nitrogens with zero attached hydrogens (tertiary/aromatic N) is 3. The van der Waals surface area contributed by atoms with Gasteiger partial charge in [0, 0.05) is 26.2 Å². The van der Waals surface area contributed by atoms with E-state index in [1.165, 1.54) is 4.31 Å². The van der Waals surface area contributed by atoms with Gasteiger partial charge in [0.25, 0.3) is 0 Å². The minimum Gasteiger partial charge on any atom is -0.378 e. The molecule has 0 bridgehead atoms. The van der Waals surface area contributed by atoms with Gasteiger partial charge in [0.05, 0.1) is 37.9 Å². The first-order chi connectivity index (χ1) is 15.1. The minimum atomic E-state index is -4.43. The van der Waals surface area contributed by atoms with Crippen LogP contribution >= 0.6 is 11.3 Å². The second kappa shape index (κ2) is 10.9. The molecule has 32 heavy (non-hydrogen) atoms. The molecule has 1 saturated heterocycles. The van der Waals surface area contributed by atoms with Crippen LogP contribution in [0.15, 0.2) is 36.5 Å². The van der Waals surface area contributed by atoms with Crippen LogP contribution in [0.1, 0.15) is 17.4 Å². The number of aromatic nitrogens is 1. The fraction of sp³-hybridized carbons (Fsp3) is 0.550. The number of hydrogen-bond donors (Lipinski definition) is 0. The number of hydrogen-bond acceptors (Lipinski definition) is 7. The molecule has 2 aromatic rings. The Balaban J connectivity index is 1.36. The third-order valence-electron chi connectivity index (χ3n) is 4.89. The van der Waals surface area contributed by atoms with Gasteiger partial charge in [0.1, 0.15) is 4.88 Å². The predicted molar refractivity (Wildman–Crippen MR) is 116 cm³/mol. The molecule has 2 heterocycles. The first-order valence-corrected chi connectivity index (χ1v) is 12.6. The summed E-state index contributed by atoms with van der Waals surface area (Å²) in [5.41, 5.74) is 1.05. The number of sulfonamides is 1. The third kappa shape index (κ3) is 7.14. The highest BCUT2D eigenvalue weighted by molar-refractivity contribution is 7.89. The molecule has 1 aliphatic rings. The number of alkyl halides is 3. The van der Waals surface area contributed by atoms with Gasteiger partial charge >= 0.3 is 6.18 Å². The van der Waals surface area contributed by atoms with Crippen molar-refractivity contribution in [3.63, 3.8) is 0 Å². The van der Waals surface area contributed by atoms with Crippen LogP contribution in [0.25, 0.3) is 0 Å². The van der Waals surface area contributed by atoms with E-state index in [4.69, 9.17) is 9.47 Å². The summed E-state index contributed by atoms with van der Waals surface area (Å²) in [6.45, 7) is 3.60. The average molecular weight is 494 g/mol. The predicted octanol–water partition coefficient (Wildman–Crippen LogP) is 3.24. The minimum absolute atomic E-state index is 0.0447. The highest BCUT2D eigenvalue weighted by Crippen LogP contribution is 2.36. The second-order valence-electron chi connectivity index (χ2n) is 7.39. The molecule has 0 unspecified atom stereocenters. The first kappa shape index (κ1) is 24.9. The van der Waals surface area contributed by atoms with Gasteiger partial charge < -0.3 is 14.4 Å². The van der Waals surface area contributed by atoms with Crippen LogP contribution in [-0.2, 0) is 32.3 Å². The molecule has 1 aliphatic heterocycles. The standard InChI is InChI=1S/C20H26F3N3O4S2/c1-16(30-15-17-5-3-2-4-6-17)14-29-11-12-32(27,28)26-9-7-25(8-10-26)19-24-13-18(31-19)20(21,22)23/h2-6,13,16H,7-12,14-15H2,1H3/t16-/m0/s1. The van der Waals surface area contributed by atoms with Crippen molar-refractivity contribution in [1.82, 2.24) is 9.29 Å². The Morgan fingerprint density at radius 3 is 2.47 bits per heavy atom. The molecular formula is C20H26F3N3O4S2. The molecule has 12 heteroatoms. The molecular weight excluding hydrogens is 467 g/mol. The zero-order valence-corrected chi connectivity index (χ0v) is 19.3. The summed E-state index contributed by atoms with van der Waals surface area (Å²) >= 11 is 0.567. The first-order valence-electron chi connectivity index (χ1n) is 10.1. The third-order valence-corrected chi connectivity index (χ3v) is 7.83. The highest BCUT2D eigenvalue weighted by atomic mass is 32.2. The van der Waals surface area contributed by atoms with Gasteiger partial charge in [-0.05, 0) is 12.5 Å². The van der Waals surface area contributed by atoms with Crippen molar-refractivity contribution in [1.29, 1.82) is 0 Å². The van der Waals surface area contributed by atoms with Crippen molar-refractivity contribution in [2.75, 3.05) is 50.0 Å². The summed E-state index contributed by atoms with van der Waals surface area (Å²) in [5.74, 6) is -0.159. The van der Waals surface area contributed by atoms with Crippen LogP contribution < -0.4 is 4.90 Å². The van der Waals surface area contributed by atoms with Crippen molar-refractivity contribution in [2.45, 2.75) is 25.8 Å². The number of rotatable bonds is 10. The van der Waals surface area contributed by atoms with Crippen molar-refractivity contribution in [2.24, 2.45) is 0 Å². The van der Waals surface area contributed by atoms with Gasteiger partial charge in [-0.1, -0.05) is 41.7 Å². The Labute approximate surface area is 189 Å². The van der Waals surface area contributed by atoms with Crippen molar-refractivity contribution in [3.8, 4) is 0 Å². The van der Waals surface area contributed by atoms with Gasteiger partial charge in [-0.15, -0.1) is 0 Å². The molecule has 178 valence electrons. The Kier molecular flexibility index (Phi) is 8.50. The lowest BCUT2D eigenvalue weighted by Gasteiger charge is -2.33. The van der Waals surface area contributed by atoms with Crippen molar-refractivity contribution in [3.05, 3.63) is 47.0 Å². The molecule has 0 aliphatic carbocycles. The lowest BCUT2D eigenvalue weighted by Crippen LogP contribution is -2.49. The van der Waals surface area contributed by atoms with Gasteiger partial charge in [-0.3, -0.25) is 0 Å². The molecule has 7 nitrogen and oxygen atoms in total. The van der Waals surface area contributed by atoms with E-state index in [1.807, 2.05) is 37.3 Å². The van der Waals surface area contributed by atoms with E-state index in [2.05, 4.69) is 4.98 Å². The Hall–Kier alpha value is -1.73. The molecule has 0 spiro atoms. The van der Waals surface area contributed by atoms with Crippen LogP contribution in [0.4, 0.5) is 18.3 Å². The zero-order chi connectivity index (χ0) is 23.2. The van der Waals surface area contributed by atoms with E-state index < -0.39 is 21.1 Å². The number of anilines is 1. The Morgan fingerprint density at radius 2 is 1.84 bits per heavy atom. The molecule has 0 N–H and O–H groups in total. The van der Waals surface area contributed by atoms with Crippen molar-refractivity contribution < 1.29 is 31.1 Å². The highest BCUT2D eigenvalue weighted by Gasteiger charge is 2.35. The molecule has 0 radical (unpaired) electrons.